The van der Waals surface area contributed by atoms with Crippen LogP contribution < -0.4 is 5.32 Å². The Bertz CT molecular complexity index is 1130. The van der Waals surface area contributed by atoms with Gasteiger partial charge in [0, 0.05) is 37.4 Å². The van der Waals surface area contributed by atoms with Crippen LogP contribution in [0.1, 0.15) is 63.4 Å². The molecule has 210 valence electrons. The number of aliphatic hydroxyl groups is 1. The van der Waals surface area contributed by atoms with E-state index in [1.165, 1.54) is 0 Å². The number of aromatic nitrogens is 2. The third-order valence-corrected chi connectivity index (χ3v) is 8.12. The minimum Gasteiger partial charge on any atom is -0.508 e. The number of aryl methyl sites for hydroxylation is 1. The normalized spacial score (nSPS) is 20.5. The van der Waals surface area contributed by atoms with E-state index < -0.39 is 17.7 Å². The molecule has 1 aromatic heterocycles. The summed E-state index contributed by atoms with van der Waals surface area (Å²) >= 11 is 0. The molecule has 1 spiro atoms. The molecule has 0 radical (unpaired) electrons. The largest absolute Gasteiger partial charge is 0.508 e. The van der Waals surface area contributed by atoms with Crippen molar-refractivity contribution in [2.24, 2.45) is 5.92 Å². The molecule has 2 atom stereocenters. The quantitative estimate of drug-likeness (QED) is 0.468. The van der Waals surface area contributed by atoms with Gasteiger partial charge in [0.1, 0.15) is 17.3 Å². The van der Waals surface area contributed by atoms with Gasteiger partial charge in [-0.05, 0) is 63.3 Å². The van der Waals surface area contributed by atoms with Crippen LogP contribution in [0, 0.1) is 19.8 Å². The second-order valence-corrected chi connectivity index (χ2v) is 10.9. The number of nitrogens with one attached hydrogen (secondary N) is 1. The van der Waals surface area contributed by atoms with Gasteiger partial charge in [-0.3, -0.25) is 14.5 Å². The van der Waals surface area contributed by atoms with E-state index in [4.69, 9.17) is 5.10 Å². The summed E-state index contributed by atoms with van der Waals surface area (Å²) in [5, 5.41) is 27.9. The molecule has 2 fully saturated rings. The zero-order chi connectivity index (χ0) is 26.9. The van der Waals surface area contributed by atoms with Gasteiger partial charge >= 0.3 is 0 Å². The number of hydrogen-bond donors (Lipinski definition) is 3. The second-order valence-electron chi connectivity index (χ2n) is 10.9. The average molecular weight is 548 g/mol. The predicted octanol–water partition coefficient (Wildman–Crippen LogP) is 3.10. The summed E-state index contributed by atoms with van der Waals surface area (Å²) < 4.78 is 1.90. The van der Waals surface area contributed by atoms with Crippen LogP contribution in [0.2, 0.25) is 0 Å². The van der Waals surface area contributed by atoms with E-state index >= 15 is 0 Å². The summed E-state index contributed by atoms with van der Waals surface area (Å²) in [4.78, 5) is 31.2. The van der Waals surface area contributed by atoms with Gasteiger partial charge in [-0.1, -0.05) is 27.2 Å². The maximum atomic E-state index is 13.5. The number of carbonyl (C=O) groups excluding carboxylic acids is 2. The third kappa shape index (κ3) is 5.55. The summed E-state index contributed by atoms with van der Waals surface area (Å²) in [6.45, 7) is 12.5. The Hall–Kier alpha value is -2.62. The van der Waals surface area contributed by atoms with Crippen molar-refractivity contribution >= 4 is 24.2 Å². The first-order valence-electron chi connectivity index (χ1n) is 13.5. The van der Waals surface area contributed by atoms with E-state index in [1.807, 2.05) is 44.5 Å². The third-order valence-electron chi connectivity index (χ3n) is 8.12. The van der Waals surface area contributed by atoms with Gasteiger partial charge in [-0.2, -0.15) is 5.10 Å². The molecule has 0 aliphatic carbocycles. The number of piperidine rings is 1. The standard InChI is InChI=1S/C28H41N5O4.ClH/c1-6-7-14-32-26(36)24(25(35)18(2)3)29-27(37)28(32)12-15-31(16-13-28)17-23-19(4)30-33(20(23)5)21-8-10-22(34)11-9-21;/h8-11,18,24-25,34-35H,6-7,12-17H2,1-5H3,(H,29,37);1H/t24-,25-;/m1./s1. The van der Waals surface area contributed by atoms with E-state index in [9.17, 15) is 19.8 Å². The summed E-state index contributed by atoms with van der Waals surface area (Å²) in [6.07, 6.45) is 1.96. The molecule has 9 nitrogen and oxygen atoms in total. The molecule has 38 heavy (non-hydrogen) atoms. The minimum absolute atomic E-state index is 0. The number of likely N-dealkylation sites (tertiary alicyclic amines) is 1. The van der Waals surface area contributed by atoms with Crippen molar-refractivity contribution in [2.45, 2.75) is 84.5 Å². The number of hydrogen-bond acceptors (Lipinski definition) is 6. The Labute approximate surface area is 231 Å². The number of aliphatic hydroxyl groups excluding tert-OH is 1. The molecule has 0 unspecified atom stereocenters. The molecular formula is C28H42ClN5O4. The van der Waals surface area contributed by atoms with Crippen LogP contribution in [0.15, 0.2) is 24.3 Å². The van der Waals surface area contributed by atoms with Gasteiger partial charge in [0.15, 0.2) is 0 Å². The Morgan fingerprint density at radius 3 is 2.34 bits per heavy atom. The summed E-state index contributed by atoms with van der Waals surface area (Å²) in [6, 6.07) is 6.11. The van der Waals surface area contributed by atoms with Crippen molar-refractivity contribution in [2.75, 3.05) is 19.6 Å². The number of nitrogens with zero attached hydrogens (tertiary/aromatic N) is 4. The lowest BCUT2D eigenvalue weighted by atomic mass is 9.80. The van der Waals surface area contributed by atoms with Crippen molar-refractivity contribution in [3.63, 3.8) is 0 Å². The first-order chi connectivity index (χ1) is 17.6. The number of phenols is 1. The zero-order valence-corrected chi connectivity index (χ0v) is 23.9. The Balaban J connectivity index is 0.00000400. The van der Waals surface area contributed by atoms with Gasteiger partial charge in [0.25, 0.3) is 0 Å². The molecule has 2 aliphatic heterocycles. The van der Waals surface area contributed by atoms with Crippen LogP contribution >= 0.6 is 12.4 Å². The van der Waals surface area contributed by atoms with Gasteiger partial charge in [-0.25, -0.2) is 4.68 Å². The van der Waals surface area contributed by atoms with Gasteiger partial charge in [0.2, 0.25) is 11.8 Å². The number of aromatic hydroxyl groups is 1. The first-order valence-corrected chi connectivity index (χ1v) is 13.5. The fraction of sp³-hybridized carbons (Fsp3) is 0.607. The number of benzene rings is 1. The van der Waals surface area contributed by atoms with E-state index in [0.717, 1.165) is 35.5 Å². The molecule has 0 saturated carbocycles. The van der Waals surface area contributed by atoms with Crippen molar-refractivity contribution in [1.82, 2.24) is 24.9 Å². The highest BCUT2D eigenvalue weighted by Gasteiger charge is 2.54. The molecule has 10 heteroatoms. The van der Waals surface area contributed by atoms with Crippen molar-refractivity contribution < 1.29 is 19.8 Å². The molecule has 3 heterocycles. The highest BCUT2D eigenvalue weighted by Crippen LogP contribution is 2.35. The SMILES string of the molecule is CCCCN1C(=O)[C@@H]([C@H](O)C(C)C)NC(=O)C12CCN(Cc1c(C)nn(-c3ccc(O)cc3)c1C)CC2.Cl. The molecule has 2 amide bonds. The van der Waals surface area contributed by atoms with Crippen molar-refractivity contribution in [1.29, 1.82) is 0 Å². The average Bonchev–Trinajstić information content (AvgIpc) is 3.15. The van der Waals surface area contributed by atoms with E-state index in [-0.39, 0.29) is 35.9 Å². The molecule has 2 aromatic rings. The summed E-state index contributed by atoms with van der Waals surface area (Å²) in [5.41, 5.74) is 3.17. The molecule has 4 rings (SSSR count). The number of unbranched alkanes of at least 4 members (excludes halogenated alkanes) is 1. The Kier molecular flexibility index (Phi) is 9.49. The highest BCUT2D eigenvalue weighted by atomic mass is 35.5. The van der Waals surface area contributed by atoms with Crippen molar-refractivity contribution in [3.8, 4) is 11.4 Å². The Morgan fingerprint density at radius 1 is 1.13 bits per heavy atom. The number of piperazine rings is 1. The smallest absolute Gasteiger partial charge is 0.248 e. The zero-order valence-electron chi connectivity index (χ0n) is 23.1. The van der Waals surface area contributed by atoms with Gasteiger partial charge in [-0.15, -0.1) is 12.4 Å². The number of carbonyl (C=O) groups is 2. The van der Waals surface area contributed by atoms with Crippen LogP contribution in [-0.2, 0) is 16.1 Å². The number of phenolic OH excluding ortho intramolecular Hbond substituents is 1. The molecule has 1 aromatic carbocycles. The highest BCUT2D eigenvalue weighted by molar-refractivity contribution is 6.00. The fourth-order valence-corrected chi connectivity index (χ4v) is 5.65. The van der Waals surface area contributed by atoms with E-state index in [2.05, 4.69) is 17.1 Å². The minimum atomic E-state index is -0.908. The maximum absolute atomic E-state index is 13.5. The van der Waals surface area contributed by atoms with Crippen LogP contribution in [0.3, 0.4) is 0 Å². The summed E-state index contributed by atoms with van der Waals surface area (Å²) in [7, 11) is 0. The second kappa shape index (κ2) is 12.1. The molecule has 0 bridgehead atoms. The predicted molar refractivity (Wildman–Crippen MR) is 149 cm³/mol. The molecule has 2 aliphatic rings. The first kappa shape index (κ1) is 29.9. The van der Waals surface area contributed by atoms with Crippen molar-refractivity contribution in [3.05, 3.63) is 41.2 Å². The fourth-order valence-electron chi connectivity index (χ4n) is 5.65. The van der Waals surface area contributed by atoms with Crippen LogP contribution in [0.5, 0.6) is 5.75 Å². The van der Waals surface area contributed by atoms with Crippen LogP contribution in [-0.4, -0.2) is 78.9 Å². The van der Waals surface area contributed by atoms with Gasteiger partial charge < -0.3 is 20.4 Å². The number of amides is 2. The van der Waals surface area contributed by atoms with Gasteiger partial charge in [0.05, 0.1) is 17.5 Å². The van der Waals surface area contributed by atoms with Crippen LogP contribution in [0.4, 0.5) is 0 Å². The maximum Gasteiger partial charge on any atom is 0.248 e. The number of halogens is 1. The van der Waals surface area contributed by atoms with Crippen LogP contribution in [0.25, 0.3) is 5.69 Å². The molecular weight excluding hydrogens is 506 g/mol. The molecule has 3 N–H and O–H groups in total. The number of rotatable bonds is 8. The monoisotopic (exact) mass is 547 g/mol. The lowest BCUT2D eigenvalue weighted by Crippen LogP contribution is -2.74. The summed E-state index contributed by atoms with van der Waals surface area (Å²) in [5.74, 6) is -0.215. The Morgan fingerprint density at radius 2 is 1.76 bits per heavy atom. The van der Waals surface area contributed by atoms with E-state index in [1.54, 1.807) is 17.0 Å². The lowest BCUT2D eigenvalue weighted by molar-refractivity contribution is -0.165. The topological polar surface area (TPSA) is 111 Å². The van der Waals surface area contributed by atoms with E-state index in [0.29, 0.717) is 39.0 Å². The molecule has 2 saturated heterocycles. The lowest BCUT2D eigenvalue weighted by Gasteiger charge is -2.52.